The van der Waals surface area contributed by atoms with E-state index in [0.717, 1.165) is 13.0 Å². The Bertz CT molecular complexity index is 145. The molecule has 0 amide bonds. The van der Waals surface area contributed by atoms with Crippen LogP contribution in [0.25, 0.3) is 0 Å². The minimum absolute atomic E-state index is 0.303. The Morgan fingerprint density at radius 1 is 1.50 bits per heavy atom. The topological polar surface area (TPSA) is 23.5 Å². The van der Waals surface area contributed by atoms with Crippen molar-refractivity contribution in [3.05, 3.63) is 0 Å². The van der Waals surface area contributed by atoms with Crippen LogP contribution in [0.15, 0.2) is 0 Å². The summed E-state index contributed by atoms with van der Waals surface area (Å²) in [6.45, 7) is 9.48. The maximum absolute atomic E-state index is 8.90. The highest BCUT2D eigenvalue weighted by atomic mass is 16.3. The molecule has 1 saturated heterocycles. The van der Waals surface area contributed by atoms with Crippen LogP contribution in [-0.4, -0.2) is 35.2 Å². The van der Waals surface area contributed by atoms with E-state index in [2.05, 4.69) is 25.7 Å². The first-order valence-electron chi connectivity index (χ1n) is 4.98. The van der Waals surface area contributed by atoms with E-state index in [1.807, 2.05) is 0 Å². The van der Waals surface area contributed by atoms with Crippen LogP contribution in [0.1, 0.15) is 33.6 Å². The number of nitrogens with zero attached hydrogens (tertiary/aromatic N) is 1. The van der Waals surface area contributed by atoms with E-state index in [9.17, 15) is 0 Å². The lowest BCUT2D eigenvalue weighted by Gasteiger charge is -2.35. The number of rotatable bonds is 3. The van der Waals surface area contributed by atoms with Crippen LogP contribution in [-0.2, 0) is 0 Å². The van der Waals surface area contributed by atoms with Gasteiger partial charge < -0.3 is 5.11 Å². The summed E-state index contributed by atoms with van der Waals surface area (Å²) in [6.07, 6.45) is 2.21. The van der Waals surface area contributed by atoms with Gasteiger partial charge in [-0.3, -0.25) is 4.90 Å². The molecule has 2 nitrogen and oxygen atoms in total. The zero-order valence-corrected chi connectivity index (χ0v) is 8.51. The Hall–Kier alpha value is -0.0800. The van der Waals surface area contributed by atoms with Crippen molar-refractivity contribution >= 4 is 0 Å². The maximum atomic E-state index is 8.90. The number of likely N-dealkylation sites (tertiary alicyclic amines) is 1. The summed E-state index contributed by atoms with van der Waals surface area (Å²) >= 11 is 0. The molecular weight excluding hydrogens is 150 g/mol. The predicted octanol–water partition coefficient (Wildman–Crippen LogP) is 1.49. The van der Waals surface area contributed by atoms with E-state index in [1.54, 1.807) is 0 Å². The zero-order valence-electron chi connectivity index (χ0n) is 8.51. The first kappa shape index (κ1) is 10.0. The third-order valence-corrected chi connectivity index (χ3v) is 3.42. The molecule has 0 aromatic carbocycles. The molecule has 1 atom stereocenters. The highest BCUT2D eigenvalue weighted by Crippen LogP contribution is 2.35. The van der Waals surface area contributed by atoms with Crippen molar-refractivity contribution in [3.63, 3.8) is 0 Å². The molecule has 1 rings (SSSR count). The molecule has 1 heterocycles. The molecule has 1 fully saturated rings. The molecule has 2 heteroatoms. The van der Waals surface area contributed by atoms with E-state index < -0.39 is 0 Å². The molecule has 1 aliphatic rings. The third kappa shape index (κ3) is 1.64. The fourth-order valence-electron chi connectivity index (χ4n) is 2.43. The van der Waals surface area contributed by atoms with Crippen LogP contribution in [0.5, 0.6) is 0 Å². The van der Waals surface area contributed by atoms with Crippen molar-refractivity contribution < 1.29 is 5.11 Å². The smallest absolute Gasteiger partial charge is 0.0434 e. The first-order valence-corrected chi connectivity index (χ1v) is 4.98. The minimum atomic E-state index is 0.303. The lowest BCUT2D eigenvalue weighted by Crippen LogP contribution is -2.42. The molecule has 0 bridgehead atoms. The van der Waals surface area contributed by atoms with Gasteiger partial charge in [-0.05, 0) is 45.7 Å². The highest BCUT2D eigenvalue weighted by Gasteiger charge is 2.39. The molecule has 72 valence electrons. The van der Waals surface area contributed by atoms with Crippen LogP contribution >= 0.6 is 0 Å². The zero-order chi connectivity index (χ0) is 9.19. The maximum Gasteiger partial charge on any atom is 0.0434 e. The quantitative estimate of drug-likeness (QED) is 0.695. The molecule has 1 aliphatic heterocycles. The molecule has 0 saturated carbocycles. The fourth-order valence-corrected chi connectivity index (χ4v) is 2.43. The van der Waals surface area contributed by atoms with Crippen LogP contribution in [0.4, 0.5) is 0 Å². The highest BCUT2D eigenvalue weighted by molar-refractivity contribution is 4.94. The number of aliphatic hydroxyl groups excluding tert-OH is 1. The van der Waals surface area contributed by atoms with Crippen molar-refractivity contribution in [2.24, 2.45) is 5.92 Å². The van der Waals surface area contributed by atoms with E-state index in [0.29, 0.717) is 18.1 Å². The summed E-state index contributed by atoms with van der Waals surface area (Å²) in [5.74, 6) is 0.683. The van der Waals surface area contributed by atoms with Crippen molar-refractivity contribution in [2.75, 3.05) is 19.7 Å². The second-order valence-corrected chi connectivity index (χ2v) is 4.23. The average molecular weight is 171 g/mol. The lowest BCUT2D eigenvalue weighted by molar-refractivity contribution is 0.127. The second-order valence-electron chi connectivity index (χ2n) is 4.23. The Kier molecular flexibility index (Phi) is 3.13. The van der Waals surface area contributed by atoms with Crippen molar-refractivity contribution in [1.29, 1.82) is 0 Å². The van der Waals surface area contributed by atoms with Gasteiger partial charge in [0, 0.05) is 12.1 Å². The van der Waals surface area contributed by atoms with E-state index in [1.165, 1.54) is 13.0 Å². The lowest BCUT2D eigenvalue weighted by atomic mass is 9.86. The minimum Gasteiger partial charge on any atom is -0.396 e. The van der Waals surface area contributed by atoms with Gasteiger partial charge >= 0.3 is 0 Å². The standard InChI is InChI=1S/C10H21NO/c1-4-11-7-5-9(6-8-12)10(11,2)3/h9,12H,4-8H2,1-3H3. The Morgan fingerprint density at radius 2 is 2.17 bits per heavy atom. The van der Waals surface area contributed by atoms with E-state index in [4.69, 9.17) is 5.11 Å². The van der Waals surface area contributed by atoms with Crippen molar-refractivity contribution in [1.82, 2.24) is 4.90 Å². The monoisotopic (exact) mass is 171 g/mol. The molecular formula is C10H21NO. The van der Waals surface area contributed by atoms with Gasteiger partial charge in [0.05, 0.1) is 0 Å². The van der Waals surface area contributed by atoms with Gasteiger partial charge in [-0.2, -0.15) is 0 Å². The largest absolute Gasteiger partial charge is 0.396 e. The van der Waals surface area contributed by atoms with E-state index in [-0.39, 0.29) is 0 Å². The van der Waals surface area contributed by atoms with Crippen LogP contribution in [0, 0.1) is 5.92 Å². The average Bonchev–Trinajstić information content (AvgIpc) is 2.28. The van der Waals surface area contributed by atoms with Gasteiger partial charge in [-0.15, -0.1) is 0 Å². The summed E-state index contributed by atoms with van der Waals surface area (Å²) in [4.78, 5) is 2.51. The normalized spacial score (nSPS) is 29.5. The van der Waals surface area contributed by atoms with Crippen LogP contribution < -0.4 is 0 Å². The molecule has 1 unspecified atom stereocenters. The Morgan fingerprint density at radius 3 is 2.58 bits per heavy atom. The molecule has 0 aliphatic carbocycles. The fraction of sp³-hybridized carbons (Fsp3) is 1.00. The molecule has 0 spiro atoms. The summed E-state index contributed by atoms with van der Waals surface area (Å²) in [5.41, 5.74) is 0.303. The van der Waals surface area contributed by atoms with Gasteiger partial charge in [0.1, 0.15) is 0 Å². The summed E-state index contributed by atoms with van der Waals surface area (Å²) in [6, 6.07) is 0. The number of hydrogen-bond donors (Lipinski definition) is 1. The Labute approximate surface area is 75.6 Å². The SMILES string of the molecule is CCN1CCC(CCO)C1(C)C. The second kappa shape index (κ2) is 3.75. The number of hydrogen-bond acceptors (Lipinski definition) is 2. The van der Waals surface area contributed by atoms with Gasteiger partial charge in [0.15, 0.2) is 0 Å². The van der Waals surface area contributed by atoms with E-state index >= 15 is 0 Å². The summed E-state index contributed by atoms with van der Waals surface area (Å²) in [7, 11) is 0. The summed E-state index contributed by atoms with van der Waals surface area (Å²) < 4.78 is 0. The molecule has 1 N–H and O–H groups in total. The summed E-state index contributed by atoms with van der Waals surface area (Å²) in [5, 5.41) is 8.90. The van der Waals surface area contributed by atoms with Gasteiger partial charge in [-0.25, -0.2) is 0 Å². The molecule has 0 aromatic rings. The van der Waals surface area contributed by atoms with Crippen LogP contribution in [0.2, 0.25) is 0 Å². The number of aliphatic hydroxyl groups is 1. The van der Waals surface area contributed by atoms with Gasteiger partial charge in [-0.1, -0.05) is 6.92 Å². The molecule has 0 aromatic heterocycles. The van der Waals surface area contributed by atoms with Crippen molar-refractivity contribution in [3.8, 4) is 0 Å². The molecule has 12 heavy (non-hydrogen) atoms. The van der Waals surface area contributed by atoms with Gasteiger partial charge in [0.25, 0.3) is 0 Å². The first-order chi connectivity index (χ1) is 5.62. The van der Waals surface area contributed by atoms with Gasteiger partial charge in [0.2, 0.25) is 0 Å². The predicted molar refractivity (Wildman–Crippen MR) is 51.1 cm³/mol. The molecule has 0 radical (unpaired) electrons. The third-order valence-electron chi connectivity index (χ3n) is 3.42. The van der Waals surface area contributed by atoms with Crippen molar-refractivity contribution in [2.45, 2.75) is 39.2 Å². The van der Waals surface area contributed by atoms with Crippen LogP contribution in [0.3, 0.4) is 0 Å². The Balaban J connectivity index is 2.57.